The maximum atomic E-state index is 13.2. The fourth-order valence-electron chi connectivity index (χ4n) is 2.74. The minimum Gasteiger partial charge on any atom is -0.451 e. The smallest absolute Gasteiger partial charge is 0.291 e. The van der Waals surface area contributed by atoms with Gasteiger partial charge in [-0.05, 0) is 48.5 Å². The van der Waals surface area contributed by atoms with Gasteiger partial charge in [-0.15, -0.1) is 0 Å². The van der Waals surface area contributed by atoms with Gasteiger partial charge < -0.3 is 9.73 Å². The summed E-state index contributed by atoms with van der Waals surface area (Å²) in [7, 11) is -3.55. The third-order valence-corrected chi connectivity index (χ3v) is 6.22. The van der Waals surface area contributed by atoms with Crippen LogP contribution in [0.1, 0.15) is 24.4 Å². The highest BCUT2D eigenvalue weighted by Gasteiger charge is 2.21. The molecule has 1 N–H and O–H groups in total. The van der Waals surface area contributed by atoms with Crippen molar-refractivity contribution in [2.24, 2.45) is 0 Å². The van der Waals surface area contributed by atoms with E-state index >= 15 is 0 Å². The molecule has 0 fully saturated rings. The van der Waals surface area contributed by atoms with Crippen LogP contribution in [0, 0.1) is 5.82 Å². The fraction of sp³-hybridized carbons (Fsp3) is 0.211. The van der Waals surface area contributed by atoms with E-state index in [0.717, 1.165) is 0 Å². The van der Waals surface area contributed by atoms with E-state index in [0.29, 0.717) is 29.7 Å². The lowest BCUT2D eigenvalue weighted by Gasteiger charge is -2.18. The van der Waals surface area contributed by atoms with Crippen molar-refractivity contribution in [3.05, 3.63) is 60.1 Å². The molecule has 0 atom stereocenters. The molecule has 1 heterocycles. The van der Waals surface area contributed by atoms with E-state index in [1.54, 1.807) is 13.8 Å². The number of carbonyl (C=O) groups excluding carboxylic acids is 1. The molecule has 0 aliphatic rings. The molecule has 27 heavy (non-hydrogen) atoms. The zero-order valence-corrected chi connectivity index (χ0v) is 15.7. The van der Waals surface area contributed by atoms with Crippen molar-refractivity contribution < 1.29 is 22.0 Å². The molecule has 1 amide bonds. The first-order valence-electron chi connectivity index (χ1n) is 8.45. The summed E-state index contributed by atoms with van der Waals surface area (Å²) in [6.45, 7) is 4.30. The number of sulfonamides is 1. The Morgan fingerprint density at radius 3 is 2.37 bits per heavy atom. The summed E-state index contributed by atoms with van der Waals surface area (Å²) >= 11 is 0. The van der Waals surface area contributed by atoms with Crippen molar-refractivity contribution in [1.82, 2.24) is 4.31 Å². The molecule has 1 aromatic heterocycles. The van der Waals surface area contributed by atoms with Crippen molar-refractivity contribution in [1.29, 1.82) is 0 Å². The molecule has 0 spiro atoms. The van der Waals surface area contributed by atoms with Crippen LogP contribution in [-0.4, -0.2) is 31.7 Å². The molecule has 0 bridgehead atoms. The van der Waals surface area contributed by atoms with Gasteiger partial charge in [-0.2, -0.15) is 4.31 Å². The van der Waals surface area contributed by atoms with Gasteiger partial charge in [0.1, 0.15) is 11.4 Å². The van der Waals surface area contributed by atoms with E-state index in [4.69, 9.17) is 4.42 Å². The first kappa shape index (κ1) is 19.1. The molecule has 0 unspecified atom stereocenters. The summed E-state index contributed by atoms with van der Waals surface area (Å²) in [5.41, 5.74) is 0.826. The van der Waals surface area contributed by atoms with E-state index < -0.39 is 21.7 Å². The molecule has 0 saturated heterocycles. The minimum absolute atomic E-state index is 0.0374. The number of amides is 1. The standard InChI is InChI=1S/C19H19FN2O4S/c1-3-22(4-2)27(24,25)16-8-6-15(7-9-16)21-19(23)18-12-13-11-14(20)5-10-17(13)26-18/h5-12H,3-4H2,1-2H3,(H,21,23). The average Bonchev–Trinajstić information content (AvgIpc) is 3.06. The second-order valence-electron chi connectivity index (χ2n) is 5.86. The third kappa shape index (κ3) is 3.86. The second kappa shape index (κ2) is 7.50. The summed E-state index contributed by atoms with van der Waals surface area (Å²) in [5.74, 6) is -0.887. The summed E-state index contributed by atoms with van der Waals surface area (Å²) in [5, 5.41) is 3.12. The van der Waals surface area contributed by atoms with Gasteiger partial charge in [0.2, 0.25) is 10.0 Å². The lowest BCUT2D eigenvalue weighted by molar-refractivity contribution is 0.0998. The molecular weight excluding hydrogens is 371 g/mol. The van der Waals surface area contributed by atoms with Gasteiger partial charge in [0.15, 0.2) is 5.76 Å². The molecule has 8 heteroatoms. The number of rotatable bonds is 6. The van der Waals surface area contributed by atoms with Crippen LogP contribution >= 0.6 is 0 Å². The highest BCUT2D eigenvalue weighted by molar-refractivity contribution is 7.89. The van der Waals surface area contributed by atoms with Crippen LogP contribution in [0.4, 0.5) is 10.1 Å². The van der Waals surface area contributed by atoms with Gasteiger partial charge in [-0.25, -0.2) is 12.8 Å². The largest absolute Gasteiger partial charge is 0.451 e. The molecular formula is C19H19FN2O4S. The predicted octanol–water partition coefficient (Wildman–Crippen LogP) is 3.85. The Hall–Kier alpha value is -2.71. The average molecular weight is 390 g/mol. The van der Waals surface area contributed by atoms with E-state index in [1.165, 1.54) is 52.8 Å². The van der Waals surface area contributed by atoms with Gasteiger partial charge in [0.25, 0.3) is 5.91 Å². The van der Waals surface area contributed by atoms with Gasteiger partial charge in [0, 0.05) is 24.2 Å². The molecule has 2 aromatic carbocycles. The first-order valence-corrected chi connectivity index (χ1v) is 9.89. The second-order valence-corrected chi connectivity index (χ2v) is 7.80. The highest BCUT2D eigenvalue weighted by atomic mass is 32.2. The van der Waals surface area contributed by atoms with Crippen LogP contribution in [0.2, 0.25) is 0 Å². The van der Waals surface area contributed by atoms with Gasteiger partial charge in [-0.3, -0.25) is 4.79 Å². The van der Waals surface area contributed by atoms with Crippen LogP contribution in [0.25, 0.3) is 11.0 Å². The number of carbonyl (C=O) groups is 1. The number of fused-ring (bicyclic) bond motifs is 1. The normalized spacial score (nSPS) is 11.9. The number of nitrogens with one attached hydrogen (secondary N) is 1. The van der Waals surface area contributed by atoms with Crippen LogP contribution < -0.4 is 5.32 Å². The Morgan fingerprint density at radius 1 is 1.07 bits per heavy atom. The summed E-state index contributed by atoms with van der Waals surface area (Å²) < 4.78 is 44.9. The molecule has 0 aliphatic heterocycles. The Balaban J connectivity index is 1.78. The molecule has 3 aromatic rings. The number of hydrogen-bond donors (Lipinski definition) is 1. The van der Waals surface area contributed by atoms with Crippen molar-refractivity contribution >= 4 is 32.6 Å². The van der Waals surface area contributed by atoms with E-state index in [-0.39, 0.29) is 10.7 Å². The van der Waals surface area contributed by atoms with Crippen molar-refractivity contribution in [2.45, 2.75) is 18.7 Å². The van der Waals surface area contributed by atoms with Crippen LogP contribution in [-0.2, 0) is 10.0 Å². The zero-order valence-electron chi connectivity index (χ0n) is 14.9. The number of halogens is 1. The number of hydrogen-bond acceptors (Lipinski definition) is 4. The summed E-state index contributed by atoms with van der Waals surface area (Å²) in [4.78, 5) is 12.5. The first-order chi connectivity index (χ1) is 12.8. The van der Waals surface area contributed by atoms with E-state index in [2.05, 4.69) is 5.32 Å². The van der Waals surface area contributed by atoms with Crippen LogP contribution in [0.3, 0.4) is 0 Å². The van der Waals surface area contributed by atoms with E-state index in [1.807, 2.05) is 0 Å². The Kier molecular flexibility index (Phi) is 5.29. The maximum Gasteiger partial charge on any atom is 0.291 e. The predicted molar refractivity (Wildman–Crippen MR) is 101 cm³/mol. The van der Waals surface area contributed by atoms with Crippen LogP contribution in [0.15, 0.2) is 57.8 Å². The van der Waals surface area contributed by atoms with Crippen LogP contribution in [0.5, 0.6) is 0 Å². The Morgan fingerprint density at radius 2 is 1.74 bits per heavy atom. The molecule has 6 nitrogen and oxygen atoms in total. The number of furan rings is 1. The number of benzene rings is 2. The lowest BCUT2D eigenvalue weighted by atomic mass is 10.2. The van der Waals surface area contributed by atoms with Gasteiger partial charge in [0.05, 0.1) is 4.90 Å². The Bertz CT molecular complexity index is 1070. The lowest BCUT2D eigenvalue weighted by Crippen LogP contribution is -2.30. The molecule has 3 rings (SSSR count). The van der Waals surface area contributed by atoms with Gasteiger partial charge >= 0.3 is 0 Å². The molecule has 0 aliphatic carbocycles. The number of nitrogens with zero attached hydrogens (tertiary/aromatic N) is 1. The quantitative estimate of drug-likeness (QED) is 0.693. The third-order valence-electron chi connectivity index (χ3n) is 4.16. The zero-order chi connectivity index (χ0) is 19.6. The summed E-state index contributed by atoms with van der Waals surface area (Å²) in [6, 6.07) is 11.3. The maximum absolute atomic E-state index is 13.2. The Labute approximate surface area is 156 Å². The highest BCUT2D eigenvalue weighted by Crippen LogP contribution is 2.22. The van der Waals surface area contributed by atoms with Crippen molar-refractivity contribution in [3.8, 4) is 0 Å². The van der Waals surface area contributed by atoms with Crippen molar-refractivity contribution in [3.63, 3.8) is 0 Å². The molecule has 0 saturated carbocycles. The monoisotopic (exact) mass is 390 g/mol. The summed E-state index contributed by atoms with van der Waals surface area (Å²) in [6.07, 6.45) is 0. The molecule has 0 radical (unpaired) electrons. The SMILES string of the molecule is CCN(CC)S(=O)(=O)c1ccc(NC(=O)c2cc3cc(F)ccc3o2)cc1. The topological polar surface area (TPSA) is 79.6 Å². The van der Waals surface area contributed by atoms with Gasteiger partial charge in [-0.1, -0.05) is 13.8 Å². The van der Waals surface area contributed by atoms with E-state index in [9.17, 15) is 17.6 Å². The number of anilines is 1. The molecule has 142 valence electrons. The van der Waals surface area contributed by atoms with Crippen molar-refractivity contribution in [2.75, 3.05) is 18.4 Å². The fourth-order valence-corrected chi connectivity index (χ4v) is 4.20. The minimum atomic E-state index is -3.55.